The van der Waals surface area contributed by atoms with Crippen LogP contribution in [0.25, 0.3) is 33.4 Å². The molecular formula is C51H34. The van der Waals surface area contributed by atoms with Gasteiger partial charge in [-0.15, -0.1) is 0 Å². The minimum atomic E-state index is -0.311. The Kier molecular flexibility index (Phi) is 5.36. The average Bonchev–Trinajstić information content (AvgIpc) is 3.87. The van der Waals surface area contributed by atoms with Crippen LogP contribution in [0.5, 0.6) is 0 Å². The van der Waals surface area contributed by atoms with Crippen molar-refractivity contribution in [2.45, 2.75) is 29.6 Å². The van der Waals surface area contributed by atoms with Gasteiger partial charge in [0, 0.05) is 5.92 Å². The van der Waals surface area contributed by atoms with E-state index in [1.54, 1.807) is 5.57 Å². The fourth-order valence-electron chi connectivity index (χ4n) is 11.2. The topological polar surface area (TPSA) is 0 Å². The van der Waals surface area contributed by atoms with Gasteiger partial charge in [0.25, 0.3) is 0 Å². The quantitative estimate of drug-likeness (QED) is 0.175. The van der Waals surface area contributed by atoms with Gasteiger partial charge in [-0.05, 0) is 107 Å². The molecule has 5 aliphatic rings. The Bertz CT molecular complexity index is 2610. The smallest absolute Gasteiger partial charge is 0.0725 e. The number of allylic oxidation sites excluding steroid dienone is 4. The van der Waals surface area contributed by atoms with Crippen LogP contribution >= 0.6 is 0 Å². The summed E-state index contributed by atoms with van der Waals surface area (Å²) in [5.74, 6) is 0.383. The first-order chi connectivity index (χ1) is 25.3. The lowest BCUT2D eigenvalue weighted by molar-refractivity contribution is 0.701. The van der Waals surface area contributed by atoms with Crippen molar-refractivity contribution >= 4 is 0 Å². The van der Waals surface area contributed by atoms with Gasteiger partial charge in [0.15, 0.2) is 0 Å². The van der Waals surface area contributed by atoms with Crippen LogP contribution < -0.4 is 0 Å². The molecule has 0 fully saturated rings. The van der Waals surface area contributed by atoms with Crippen molar-refractivity contribution in [2.24, 2.45) is 0 Å². The predicted molar refractivity (Wildman–Crippen MR) is 208 cm³/mol. The number of hydrogen-bond acceptors (Lipinski definition) is 0. The second kappa shape index (κ2) is 9.83. The SMILES string of the molecule is C1=C(Cc2ccc3c(c2)C2(c4ccccc4-c4ccccc42)c2ccccc2-3)C=C2C(C1)c1ccccc1C21c2ccccc2-c2ccccc21. The van der Waals surface area contributed by atoms with Gasteiger partial charge in [0.05, 0.1) is 10.8 Å². The van der Waals surface area contributed by atoms with Gasteiger partial charge in [0.1, 0.15) is 0 Å². The van der Waals surface area contributed by atoms with Crippen LogP contribution in [0.4, 0.5) is 0 Å². The number of hydrogen-bond donors (Lipinski definition) is 0. The molecule has 0 bridgehead atoms. The van der Waals surface area contributed by atoms with E-state index >= 15 is 0 Å². The first-order valence-electron chi connectivity index (χ1n) is 18.4. The molecule has 51 heavy (non-hydrogen) atoms. The standard InChI is InChI=1S/C51H34/c1-7-19-42-34(13-1)35-14-2-8-20-43(35)50(42)46-23-11-5-17-38(46)40-27-25-32(30-48(40)50)29-33-26-28-41-39-18-6-12-24-47(39)51(49(41)31-33)44-21-9-3-15-36(44)37-16-4-10-22-45(37)51/h1-27,30-31,41H,28-29H2. The van der Waals surface area contributed by atoms with E-state index in [1.165, 1.54) is 89.0 Å². The van der Waals surface area contributed by atoms with Crippen molar-refractivity contribution in [3.63, 3.8) is 0 Å². The van der Waals surface area contributed by atoms with E-state index in [0.717, 1.165) is 12.8 Å². The maximum Gasteiger partial charge on any atom is 0.0725 e. The predicted octanol–water partition coefficient (Wildman–Crippen LogP) is 11.9. The van der Waals surface area contributed by atoms with E-state index in [0.29, 0.717) is 5.92 Å². The van der Waals surface area contributed by atoms with Gasteiger partial charge >= 0.3 is 0 Å². The van der Waals surface area contributed by atoms with Crippen LogP contribution in [0.3, 0.4) is 0 Å². The molecule has 238 valence electrons. The van der Waals surface area contributed by atoms with E-state index in [9.17, 15) is 0 Å². The minimum absolute atomic E-state index is 0.255. The lowest BCUT2D eigenvalue weighted by atomic mass is 9.68. The van der Waals surface area contributed by atoms with Crippen molar-refractivity contribution in [3.05, 3.63) is 237 Å². The number of fused-ring (bicyclic) bond motifs is 20. The largest absolute Gasteiger partial charge is 0.0800 e. The summed E-state index contributed by atoms with van der Waals surface area (Å²) in [6, 6.07) is 62.3. The number of rotatable bonds is 2. The molecule has 0 heteroatoms. The zero-order valence-corrected chi connectivity index (χ0v) is 28.2. The van der Waals surface area contributed by atoms with Crippen LogP contribution in [-0.4, -0.2) is 0 Å². The molecule has 2 spiro atoms. The highest BCUT2D eigenvalue weighted by molar-refractivity contribution is 5.95. The van der Waals surface area contributed by atoms with Crippen molar-refractivity contribution in [1.29, 1.82) is 0 Å². The molecule has 0 N–H and O–H groups in total. The highest BCUT2D eigenvalue weighted by Crippen LogP contribution is 2.66. The molecule has 0 nitrogen and oxygen atoms in total. The molecule has 7 aromatic rings. The molecule has 5 aliphatic carbocycles. The highest BCUT2D eigenvalue weighted by Gasteiger charge is 2.55. The van der Waals surface area contributed by atoms with Gasteiger partial charge in [0.2, 0.25) is 0 Å². The van der Waals surface area contributed by atoms with Crippen LogP contribution in [0.15, 0.2) is 187 Å². The third-order valence-corrected chi connectivity index (χ3v) is 12.9. The van der Waals surface area contributed by atoms with E-state index in [1.807, 2.05) is 0 Å². The summed E-state index contributed by atoms with van der Waals surface area (Å²) in [5.41, 5.74) is 23.4. The highest BCUT2D eigenvalue weighted by atomic mass is 14.6. The molecule has 0 saturated carbocycles. The lowest BCUT2D eigenvalue weighted by Crippen LogP contribution is -2.27. The summed E-state index contributed by atoms with van der Waals surface area (Å²) in [6.07, 6.45) is 7.08. The minimum Gasteiger partial charge on any atom is -0.0800 e. The molecule has 0 amide bonds. The van der Waals surface area contributed by atoms with Crippen LogP contribution in [0, 0.1) is 0 Å². The van der Waals surface area contributed by atoms with Crippen molar-refractivity contribution in [3.8, 4) is 33.4 Å². The fraction of sp³-hybridized carbons (Fsp3) is 0.0980. The molecule has 0 heterocycles. The molecule has 1 atom stereocenters. The van der Waals surface area contributed by atoms with Crippen LogP contribution in [0.2, 0.25) is 0 Å². The first kappa shape index (κ1) is 27.8. The fourth-order valence-corrected chi connectivity index (χ4v) is 11.2. The molecular weight excluding hydrogens is 613 g/mol. The van der Waals surface area contributed by atoms with Gasteiger partial charge in [-0.1, -0.05) is 176 Å². The first-order valence-corrected chi connectivity index (χ1v) is 18.4. The van der Waals surface area contributed by atoms with E-state index in [-0.39, 0.29) is 10.8 Å². The Morgan fingerprint density at radius 3 is 1.37 bits per heavy atom. The Labute approximate surface area is 299 Å². The molecule has 12 rings (SSSR count). The zero-order valence-electron chi connectivity index (χ0n) is 28.2. The van der Waals surface area contributed by atoms with Crippen LogP contribution in [-0.2, 0) is 17.3 Å². The van der Waals surface area contributed by atoms with Crippen LogP contribution in [0.1, 0.15) is 62.4 Å². The average molecular weight is 647 g/mol. The van der Waals surface area contributed by atoms with Gasteiger partial charge < -0.3 is 0 Å². The summed E-state index contributed by atoms with van der Waals surface area (Å²) in [5, 5.41) is 0. The van der Waals surface area contributed by atoms with Gasteiger partial charge in [-0.3, -0.25) is 0 Å². The second-order valence-corrected chi connectivity index (χ2v) is 15.0. The van der Waals surface area contributed by atoms with Gasteiger partial charge in [-0.2, -0.15) is 0 Å². The van der Waals surface area contributed by atoms with Crippen molar-refractivity contribution in [1.82, 2.24) is 0 Å². The lowest BCUT2D eigenvalue weighted by Gasteiger charge is -2.33. The molecule has 0 aromatic heterocycles. The summed E-state index contributed by atoms with van der Waals surface area (Å²) in [4.78, 5) is 0. The molecule has 0 radical (unpaired) electrons. The Morgan fingerprint density at radius 2 is 0.843 bits per heavy atom. The second-order valence-electron chi connectivity index (χ2n) is 15.0. The Balaban J connectivity index is 1.03. The summed E-state index contributed by atoms with van der Waals surface area (Å²) in [6.45, 7) is 0. The Hall–Kier alpha value is -5.98. The van der Waals surface area contributed by atoms with E-state index in [4.69, 9.17) is 0 Å². The van der Waals surface area contributed by atoms with Crippen molar-refractivity contribution in [2.75, 3.05) is 0 Å². The maximum absolute atomic E-state index is 2.60. The molecule has 0 saturated heterocycles. The molecule has 0 aliphatic heterocycles. The molecule has 1 unspecified atom stereocenters. The third-order valence-electron chi connectivity index (χ3n) is 12.9. The van der Waals surface area contributed by atoms with Gasteiger partial charge in [-0.25, -0.2) is 0 Å². The zero-order chi connectivity index (χ0) is 33.3. The number of benzene rings is 7. The Morgan fingerprint density at radius 1 is 0.412 bits per heavy atom. The monoisotopic (exact) mass is 646 g/mol. The van der Waals surface area contributed by atoms with E-state index in [2.05, 4.69) is 176 Å². The summed E-state index contributed by atoms with van der Waals surface area (Å²) in [7, 11) is 0. The molecule has 7 aromatic carbocycles. The normalized spacial score (nSPS) is 18.2. The maximum atomic E-state index is 2.60. The summed E-state index contributed by atoms with van der Waals surface area (Å²) >= 11 is 0. The van der Waals surface area contributed by atoms with E-state index < -0.39 is 0 Å². The van der Waals surface area contributed by atoms with Crippen molar-refractivity contribution < 1.29 is 0 Å². The third kappa shape index (κ3) is 3.28. The summed E-state index contributed by atoms with van der Waals surface area (Å²) < 4.78 is 0.